The third-order valence-corrected chi connectivity index (χ3v) is 0. The summed E-state index contributed by atoms with van der Waals surface area (Å²) in [6.45, 7) is 0. The zero-order valence-corrected chi connectivity index (χ0v) is 7.09. The minimum absolute atomic E-state index is 0. The summed E-state index contributed by atoms with van der Waals surface area (Å²) in [6.07, 6.45) is 0. The van der Waals surface area contributed by atoms with Crippen LogP contribution in [0.3, 0.4) is 0 Å². The van der Waals surface area contributed by atoms with Gasteiger partial charge >= 0.3 is 7.32 Å². The van der Waals surface area contributed by atoms with Crippen LogP contribution in [0.5, 0.6) is 0 Å². The van der Waals surface area contributed by atoms with E-state index in [9.17, 15) is 0 Å². The van der Waals surface area contributed by atoms with Gasteiger partial charge in [-0.3, -0.25) is 0 Å². The van der Waals surface area contributed by atoms with Gasteiger partial charge in [-0.2, -0.15) is 0 Å². The quantitative estimate of drug-likeness (QED) is 0.342. The molecule has 9 N–H and O–H groups in total. The van der Waals surface area contributed by atoms with Crippen molar-refractivity contribution in [1.29, 1.82) is 0 Å². The molecule has 0 rings (SSSR count). The van der Waals surface area contributed by atoms with Crippen molar-refractivity contribution in [1.82, 2.24) is 0 Å². The van der Waals surface area contributed by atoms with E-state index in [4.69, 9.17) is 15.1 Å². The molecule has 0 fully saturated rings. The van der Waals surface area contributed by atoms with Crippen molar-refractivity contribution in [2.75, 3.05) is 0 Å². The van der Waals surface area contributed by atoms with Crippen molar-refractivity contribution in [3.8, 4) is 0 Å². The maximum atomic E-state index is 7.17. The molecule has 0 saturated heterocycles. The second kappa shape index (κ2) is 36.1. The Bertz CT molecular complexity index is 17.8. The summed E-state index contributed by atoms with van der Waals surface area (Å²) in [5.74, 6) is 0. The predicted molar refractivity (Wildman–Crippen MR) is 33.2 cm³/mol. The maximum Gasteiger partial charge on any atom is 0.631 e. The molecule has 0 aromatic rings. The second-order valence-corrected chi connectivity index (χ2v) is 0.346. The van der Waals surface area contributed by atoms with Crippen molar-refractivity contribution in [3.05, 3.63) is 0 Å². The molecular weight excluding hydrogens is 199 g/mol. The molecule has 0 aliphatic rings. The molecule has 9 heavy (non-hydrogen) atoms. The summed E-state index contributed by atoms with van der Waals surface area (Å²) in [4.78, 5) is 0. The van der Waals surface area contributed by atoms with E-state index >= 15 is 0 Å². The summed E-state index contributed by atoms with van der Waals surface area (Å²) >= 11 is 0. The van der Waals surface area contributed by atoms with Crippen LogP contribution in [0, 0.1) is 0 Å². The van der Waals surface area contributed by atoms with E-state index in [1.54, 1.807) is 0 Å². The Morgan fingerprint density at radius 2 is 0.778 bits per heavy atom. The van der Waals surface area contributed by atoms with Crippen LogP contribution < -0.4 is 0 Å². The molecule has 0 saturated carbocycles. The Morgan fingerprint density at radius 1 is 0.778 bits per heavy atom. The molecule has 0 amide bonds. The molecular formula is H12AlBO6Zn. The average molecular weight is 211 g/mol. The normalized spacial score (nSPS) is 3.00. The van der Waals surface area contributed by atoms with E-state index in [1.807, 2.05) is 0 Å². The van der Waals surface area contributed by atoms with Crippen LogP contribution >= 0.6 is 0 Å². The van der Waals surface area contributed by atoms with Gasteiger partial charge in [-0.1, -0.05) is 0 Å². The fraction of sp³-hybridized carbons (Fsp3) is 0. The minimum Gasteiger partial charge on any atom is -0.412 e. The van der Waals surface area contributed by atoms with Gasteiger partial charge in [-0.05, 0) is 0 Å². The van der Waals surface area contributed by atoms with Crippen LogP contribution in [-0.4, -0.2) is 56.2 Å². The van der Waals surface area contributed by atoms with Gasteiger partial charge in [0.25, 0.3) is 0 Å². The minimum atomic E-state index is -2.17. The van der Waals surface area contributed by atoms with Gasteiger partial charge in [0.15, 0.2) is 17.4 Å². The van der Waals surface area contributed by atoms with Gasteiger partial charge in [0.2, 0.25) is 0 Å². The molecule has 0 aromatic carbocycles. The summed E-state index contributed by atoms with van der Waals surface area (Å²) in [7, 11) is -2.17. The van der Waals surface area contributed by atoms with E-state index in [2.05, 4.69) is 0 Å². The Hall–Kier alpha value is 0.981. The largest absolute Gasteiger partial charge is 0.631 e. The van der Waals surface area contributed by atoms with Crippen LogP contribution in [-0.2, 0) is 19.5 Å². The molecule has 56 valence electrons. The molecule has 0 bridgehead atoms. The van der Waals surface area contributed by atoms with Crippen molar-refractivity contribution in [2.45, 2.75) is 0 Å². The van der Waals surface area contributed by atoms with Crippen molar-refractivity contribution < 1.29 is 51.0 Å². The van der Waals surface area contributed by atoms with E-state index in [1.165, 1.54) is 0 Å². The fourth-order valence-corrected chi connectivity index (χ4v) is 0. The van der Waals surface area contributed by atoms with Gasteiger partial charge in [0.05, 0.1) is 0 Å². The van der Waals surface area contributed by atoms with E-state index in [-0.39, 0.29) is 53.3 Å². The zero-order chi connectivity index (χ0) is 3.58. The molecule has 0 aromatic heterocycles. The van der Waals surface area contributed by atoms with E-state index in [0.717, 1.165) is 0 Å². The monoisotopic (exact) mass is 210 g/mol. The fourth-order valence-electron chi connectivity index (χ4n) is 0. The first kappa shape index (κ1) is 50.8. The van der Waals surface area contributed by atoms with Gasteiger partial charge in [0, 0.05) is 19.5 Å². The Morgan fingerprint density at radius 3 is 0.778 bits per heavy atom. The molecule has 0 spiro atoms. The van der Waals surface area contributed by atoms with E-state index < -0.39 is 7.32 Å². The topological polar surface area (TPSA) is 155 Å². The SMILES string of the molecule is O.O.O.OB(O)O.[AlH3].[Zn]. The first-order valence-corrected chi connectivity index (χ1v) is 0.775. The molecule has 0 unspecified atom stereocenters. The van der Waals surface area contributed by atoms with Crippen molar-refractivity contribution >= 4 is 24.7 Å². The molecule has 0 atom stereocenters. The van der Waals surface area contributed by atoms with Crippen molar-refractivity contribution in [3.63, 3.8) is 0 Å². The first-order chi connectivity index (χ1) is 1.73. The Kier molecular flexibility index (Phi) is 204. The average Bonchev–Trinajstić information content (AvgIpc) is 0.811. The Labute approximate surface area is 75.9 Å². The van der Waals surface area contributed by atoms with Crippen LogP contribution in [0.1, 0.15) is 0 Å². The maximum absolute atomic E-state index is 7.17. The molecule has 6 nitrogen and oxygen atoms in total. The summed E-state index contributed by atoms with van der Waals surface area (Å²) in [5, 5.41) is 21.5. The number of hydrogen-bond donors (Lipinski definition) is 3. The van der Waals surface area contributed by atoms with Crippen molar-refractivity contribution in [2.24, 2.45) is 0 Å². The zero-order valence-electron chi connectivity index (χ0n) is 4.13. The molecule has 0 heterocycles. The Balaban J connectivity index is -0.00000000450. The standard InChI is InChI=1S/Al.BH3O3.3H2O.Zn.3H/c;2-1(3)4;;;;;;;/h;2-4H;3*1H2;;;;. The first-order valence-electron chi connectivity index (χ1n) is 0.775. The van der Waals surface area contributed by atoms with Gasteiger partial charge in [-0.25, -0.2) is 0 Å². The molecule has 0 aliphatic carbocycles. The third-order valence-electron chi connectivity index (χ3n) is 0. The van der Waals surface area contributed by atoms with Crippen LogP contribution in [0.2, 0.25) is 0 Å². The smallest absolute Gasteiger partial charge is 0.412 e. The third kappa shape index (κ3) is 455. The summed E-state index contributed by atoms with van der Waals surface area (Å²) < 4.78 is 0. The molecule has 9 heteroatoms. The van der Waals surface area contributed by atoms with Crippen LogP contribution in [0.25, 0.3) is 0 Å². The predicted octanol–water partition coefficient (Wildman–Crippen LogP) is -5.71. The van der Waals surface area contributed by atoms with Gasteiger partial charge in [0.1, 0.15) is 0 Å². The summed E-state index contributed by atoms with van der Waals surface area (Å²) in [6, 6.07) is 0. The summed E-state index contributed by atoms with van der Waals surface area (Å²) in [5.41, 5.74) is 0. The van der Waals surface area contributed by atoms with Crippen LogP contribution in [0.4, 0.5) is 0 Å². The number of hydrogen-bond acceptors (Lipinski definition) is 3. The number of rotatable bonds is 0. The molecule has 0 radical (unpaired) electrons. The van der Waals surface area contributed by atoms with Gasteiger partial charge in [-0.15, -0.1) is 0 Å². The second-order valence-electron chi connectivity index (χ2n) is 0.346. The van der Waals surface area contributed by atoms with E-state index in [0.29, 0.717) is 0 Å². The molecule has 0 aliphatic heterocycles. The van der Waals surface area contributed by atoms with Gasteiger partial charge < -0.3 is 31.5 Å². The van der Waals surface area contributed by atoms with Crippen LogP contribution in [0.15, 0.2) is 0 Å².